The van der Waals surface area contributed by atoms with Crippen molar-refractivity contribution in [2.75, 3.05) is 0 Å². The topological polar surface area (TPSA) is 77.2 Å². The standard InChI is InChI=1S/C32H23N7/c1-5-13-23(14-6-1)27-29(25-17-9-3-10-18-25)38(21-33-27)31-35-32(37-36-31)39-22-34-28(24-15-7-2-8-16-24)30(39)26-19-11-4-12-20-26/h1-22H,(H,35,36,37). The Bertz CT molecular complexity index is 1700. The molecule has 0 bridgehead atoms. The second kappa shape index (κ2) is 9.72. The van der Waals surface area contributed by atoms with Crippen molar-refractivity contribution in [1.29, 1.82) is 0 Å². The molecular weight excluding hydrogens is 482 g/mol. The maximum Gasteiger partial charge on any atom is 0.256 e. The molecule has 3 heterocycles. The predicted molar refractivity (Wildman–Crippen MR) is 152 cm³/mol. The molecule has 7 nitrogen and oxygen atoms in total. The van der Waals surface area contributed by atoms with E-state index in [0.717, 1.165) is 45.0 Å². The van der Waals surface area contributed by atoms with Crippen LogP contribution in [0.15, 0.2) is 134 Å². The average Bonchev–Trinajstić information content (AvgIpc) is 3.77. The van der Waals surface area contributed by atoms with Crippen LogP contribution in [0.1, 0.15) is 0 Å². The van der Waals surface area contributed by atoms with Gasteiger partial charge >= 0.3 is 0 Å². The highest BCUT2D eigenvalue weighted by Crippen LogP contribution is 2.34. The van der Waals surface area contributed by atoms with Gasteiger partial charge in [0.15, 0.2) is 0 Å². The van der Waals surface area contributed by atoms with Gasteiger partial charge in [-0.2, -0.15) is 4.98 Å². The van der Waals surface area contributed by atoms with E-state index in [1.807, 2.05) is 81.9 Å². The van der Waals surface area contributed by atoms with Crippen LogP contribution in [-0.2, 0) is 0 Å². The largest absolute Gasteiger partial charge is 0.267 e. The second-order valence-electron chi connectivity index (χ2n) is 9.05. The molecule has 0 saturated heterocycles. The fourth-order valence-corrected chi connectivity index (χ4v) is 4.83. The highest BCUT2D eigenvalue weighted by Gasteiger charge is 2.21. The molecule has 0 aliphatic carbocycles. The van der Waals surface area contributed by atoms with Crippen LogP contribution in [0.4, 0.5) is 0 Å². The summed E-state index contributed by atoms with van der Waals surface area (Å²) in [6.07, 6.45) is 3.56. The molecule has 0 fully saturated rings. The summed E-state index contributed by atoms with van der Waals surface area (Å²) >= 11 is 0. The maximum absolute atomic E-state index is 4.92. The van der Waals surface area contributed by atoms with Crippen molar-refractivity contribution in [3.63, 3.8) is 0 Å². The Hall–Kier alpha value is -5.56. The van der Waals surface area contributed by atoms with Gasteiger partial charge in [-0.25, -0.2) is 15.1 Å². The molecule has 186 valence electrons. The molecular formula is C32H23N7. The molecule has 39 heavy (non-hydrogen) atoms. The molecule has 0 amide bonds. The summed E-state index contributed by atoms with van der Waals surface area (Å²) in [5.41, 5.74) is 7.72. The van der Waals surface area contributed by atoms with Gasteiger partial charge in [0.2, 0.25) is 5.95 Å². The lowest BCUT2D eigenvalue weighted by molar-refractivity contribution is 0.929. The van der Waals surface area contributed by atoms with Crippen molar-refractivity contribution in [2.45, 2.75) is 0 Å². The molecule has 0 atom stereocenters. The number of nitrogens with one attached hydrogen (secondary N) is 1. The zero-order valence-electron chi connectivity index (χ0n) is 20.9. The summed E-state index contributed by atoms with van der Waals surface area (Å²) in [4.78, 5) is 14.5. The van der Waals surface area contributed by atoms with Crippen LogP contribution in [0.25, 0.3) is 56.9 Å². The van der Waals surface area contributed by atoms with Crippen LogP contribution in [-0.4, -0.2) is 34.3 Å². The molecule has 0 spiro atoms. The molecule has 0 aliphatic rings. The SMILES string of the molecule is c1ccc(-c2ncn(-c3n[nH]c(-n4cnc(-c5ccccc5)c4-c4ccccc4)n3)c2-c2ccccc2)cc1. The van der Waals surface area contributed by atoms with Crippen molar-refractivity contribution in [1.82, 2.24) is 34.3 Å². The van der Waals surface area contributed by atoms with E-state index in [1.54, 1.807) is 12.7 Å². The number of aromatic amines is 1. The Morgan fingerprint density at radius 2 is 0.872 bits per heavy atom. The van der Waals surface area contributed by atoms with Crippen LogP contribution < -0.4 is 0 Å². The number of hydrogen-bond acceptors (Lipinski definition) is 4. The zero-order chi connectivity index (χ0) is 26.0. The lowest BCUT2D eigenvalue weighted by Crippen LogP contribution is -2.01. The van der Waals surface area contributed by atoms with E-state index in [-0.39, 0.29) is 0 Å². The highest BCUT2D eigenvalue weighted by atomic mass is 15.4. The maximum atomic E-state index is 4.92. The Labute approximate surface area is 225 Å². The quantitative estimate of drug-likeness (QED) is 0.268. The van der Waals surface area contributed by atoms with Crippen molar-refractivity contribution >= 4 is 0 Å². The van der Waals surface area contributed by atoms with E-state index in [2.05, 4.69) is 58.7 Å². The number of aromatic nitrogens is 7. The van der Waals surface area contributed by atoms with Gasteiger partial charge in [-0.1, -0.05) is 121 Å². The Balaban J connectivity index is 1.37. The van der Waals surface area contributed by atoms with Gasteiger partial charge in [-0.3, -0.25) is 9.13 Å². The number of rotatable bonds is 6. The van der Waals surface area contributed by atoms with E-state index >= 15 is 0 Å². The molecule has 0 unspecified atom stereocenters. The first kappa shape index (κ1) is 22.6. The normalized spacial score (nSPS) is 11.1. The van der Waals surface area contributed by atoms with Crippen molar-refractivity contribution < 1.29 is 0 Å². The van der Waals surface area contributed by atoms with Gasteiger partial charge < -0.3 is 0 Å². The van der Waals surface area contributed by atoms with E-state index in [1.165, 1.54) is 0 Å². The van der Waals surface area contributed by atoms with Crippen molar-refractivity contribution in [2.24, 2.45) is 0 Å². The van der Waals surface area contributed by atoms with Crippen LogP contribution >= 0.6 is 0 Å². The van der Waals surface area contributed by atoms with Crippen LogP contribution in [0.5, 0.6) is 0 Å². The fourth-order valence-electron chi connectivity index (χ4n) is 4.83. The average molecular weight is 506 g/mol. The number of benzene rings is 4. The molecule has 7 rings (SSSR count). The minimum Gasteiger partial charge on any atom is -0.267 e. The summed E-state index contributed by atoms with van der Waals surface area (Å²) in [7, 11) is 0. The third-order valence-electron chi connectivity index (χ3n) is 6.63. The summed E-state index contributed by atoms with van der Waals surface area (Å²) in [5, 5.41) is 7.75. The fraction of sp³-hybridized carbons (Fsp3) is 0. The second-order valence-corrected chi connectivity index (χ2v) is 9.05. The minimum absolute atomic E-state index is 0.493. The summed E-state index contributed by atoms with van der Waals surface area (Å²) in [5.74, 6) is 1.06. The summed E-state index contributed by atoms with van der Waals surface area (Å²) in [6.45, 7) is 0. The Morgan fingerprint density at radius 1 is 0.462 bits per heavy atom. The number of imidazole rings is 2. The van der Waals surface area contributed by atoms with Crippen LogP contribution in [0, 0.1) is 0 Å². The number of nitrogens with zero attached hydrogens (tertiary/aromatic N) is 6. The summed E-state index contributed by atoms with van der Waals surface area (Å²) < 4.78 is 3.88. The third-order valence-corrected chi connectivity index (χ3v) is 6.63. The molecule has 1 N–H and O–H groups in total. The predicted octanol–water partition coefficient (Wildman–Crippen LogP) is 6.84. The monoisotopic (exact) mass is 505 g/mol. The Kier molecular flexibility index (Phi) is 5.64. The molecule has 7 aromatic rings. The zero-order valence-corrected chi connectivity index (χ0v) is 20.9. The minimum atomic E-state index is 0.493. The molecule has 0 aliphatic heterocycles. The smallest absolute Gasteiger partial charge is 0.256 e. The lowest BCUT2D eigenvalue weighted by atomic mass is 10.0. The highest BCUT2D eigenvalue weighted by molar-refractivity contribution is 5.80. The molecule has 7 heteroatoms. The van der Waals surface area contributed by atoms with Crippen LogP contribution in [0.2, 0.25) is 0 Å². The van der Waals surface area contributed by atoms with Gasteiger partial charge in [0, 0.05) is 22.3 Å². The van der Waals surface area contributed by atoms with Gasteiger partial charge in [0.25, 0.3) is 5.95 Å². The first-order valence-corrected chi connectivity index (χ1v) is 12.7. The Morgan fingerprint density at radius 3 is 1.36 bits per heavy atom. The van der Waals surface area contributed by atoms with Gasteiger partial charge in [-0.05, 0) is 0 Å². The van der Waals surface area contributed by atoms with Gasteiger partial charge in [0.05, 0.1) is 22.8 Å². The summed E-state index contributed by atoms with van der Waals surface area (Å²) in [6, 6.07) is 40.7. The van der Waals surface area contributed by atoms with Crippen molar-refractivity contribution in [3.8, 4) is 56.9 Å². The first-order valence-electron chi connectivity index (χ1n) is 12.7. The number of hydrogen-bond donors (Lipinski definition) is 1. The van der Waals surface area contributed by atoms with E-state index in [4.69, 9.17) is 15.0 Å². The molecule has 4 aromatic carbocycles. The van der Waals surface area contributed by atoms with E-state index in [0.29, 0.717) is 11.9 Å². The lowest BCUT2D eigenvalue weighted by Gasteiger charge is -2.09. The first-order chi connectivity index (χ1) is 19.4. The molecule has 0 radical (unpaired) electrons. The van der Waals surface area contributed by atoms with E-state index in [9.17, 15) is 0 Å². The van der Waals surface area contributed by atoms with Crippen LogP contribution in [0.3, 0.4) is 0 Å². The van der Waals surface area contributed by atoms with Gasteiger partial charge in [-0.15, -0.1) is 5.10 Å². The number of H-pyrrole nitrogens is 1. The molecule has 0 saturated carbocycles. The molecule has 3 aromatic heterocycles. The van der Waals surface area contributed by atoms with E-state index < -0.39 is 0 Å². The van der Waals surface area contributed by atoms with Gasteiger partial charge in [0.1, 0.15) is 12.7 Å². The van der Waals surface area contributed by atoms with Crippen molar-refractivity contribution in [3.05, 3.63) is 134 Å². The third kappa shape index (κ3) is 4.12.